The first-order chi connectivity index (χ1) is 13.1. The lowest BCUT2D eigenvalue weighted by atomic mass is 10.1. The molecule has 0 bridgehead atoms. The molecular weight excluding hydrogens is 362 g/mol. The van der Waals surface area contributed by atoms with Gasteiger partial charge in [-0.25, -0.2) is 0 Å². The maximum Gasteiger partial charge on any atom is 0.262 e. The third-order valence-electron chi connectivity index (χ3n) is 4.13. The highest BCUT2D eigenvalue weighted by Crippen LogP contribution is 2.26. The van der Waals surface area contributed by atoms with E-state index in [1.165, 1.54) is 16.9 Å². The third kappa shape index (κ3) is 3.80. The molecule has 0 aliphatic heterocycles. The maximum atomic E-state index is 12.2. The second kappa shape index (κ2) is 7.16. The smallest absolute Gasteiger partial charge is 0.262 e. The quantitative estimate of drug-likeness (QED) is 0.574. The summed E-state index contributed by atoms with van der Waals surface area (Å²) in [5.41, 5.74) is 3.91. The fourth-order valence-corrected chi connectivity index (χ4v) is 3.37. The number of nitrogens with one attached hydrogen (secondary N) is 1. The molecule has 4 rings (SSSR count). The molecule has 0 saturated heterocycles. The Morgan fingerprint density at radius 3 is 2.89 bits per heavy atom. The number of ether oxygens (including phenoxy) is 1. The average Bonchev–Trinajstić information content (AvgIpc) is 3.25. The summed E-state index contributed by atoms with van der Waals surface area (Å²) < 4.78 is 7.21. The second-order valence-corrected chi connectivity index (χ2v) is 7.08. The molecule has 0 unspecified atom stereocenters. The molecule has 2 aromatic carbocycles. The van der Waals surface area contributed by atoms with Gasteiger partial charge in [0.05, 0.1) is 0 Å². The predicted octanol–water partition coefficient (Wildman–Crippen LogP) is 3.49. The Morgan fingerprint density at radius 1 is 1.19 bits per heavy atom. The minimum absolute atomic E-state index is 0.0521. The first kappa shape index (κ1) is 17.2. The van der Waals surface area contributed by atoms with Gasteiger partial charge in [-0.3, -0.25) is 4.79 Å². The average molecular weight is 379 g/mol. The lowest BCUT2D eigenvalue weighted by Crippen LogP contribution is -2.20. The van der Waals surface area contributed by atoms with Crippen LogP contribution in [0, 0.1) is 13.8 Å². The van der Waals surface area contributed by atoms with Crippen LogP contribution in [0.5, 0.6) is 5.75 Å². The van der Waals surface area contributed by atoms with Crippen LogP contribution in [-0.4, -0.2) is 32.3 Å². The number of benzene rings is 2. The molecule has 2 heterocycles. The molecule has 1 N–H and O–H groups in total. The Balaban J connectivity index is 1.42. The number of carbonyl (C=O) groups is 1. The number of fused-ring (bicyclic) bond motifs is 1. The van der Waals surface area contributed by atoms with Crippen molar-refractivity contribution in [2.24, 2.45) is 0 Å². The van der Waals surface area contributed by atoms with Crippen LogP contribution < -0.4 is 10.1 Å². The van der Waals surface area contributed by atoms with Crippen molar-refractivity contribution in [2.75, 3.05) is 11.9 Å². The number of aryl methyl sites for hydroxylation is 2. The highest BCUT2D eigenvalue weighted by atomic mass is 32.1. The van der Waals surface area contributed by atoms with Crippen molar-refractivity contribution in [2.45, 2.75) is 13.8 Å². The normalized spacial score (nSPS) is 10.9. The first-order valence-electron chi connectivity index (χ1n) is 8.36. The second-order valence-electron chi connectivity index (χ2n) is 6.13. The van der Waals surface area contributed by atoms with Crippen molar-refractivity contribution in [1.29, 1.82) is 0 Å². The standard InChI is InChI=1S/C19H17N5O2S/c1-12-6-7-16(8-13(12)2)26-10-17(25)21-15-5-3-4-14(9-15)18-23-24-11-20-22-19(24)27-18/h3-9,11H,10H2,1-2H3,(H,21,25). The molecule has 2 aromatic heterocycles. The van der Waals surface area contributed by atoms with Gasteiger partial charge in [-0.1, -0.05) is 29.5 Å². The van der Waals surface area contributed by atoms with Crippen LogP contribution in [0.15, 0.2) is 48.8 Å². The van der Waals surface area contributed by atoms with Crippen LogP contribution in [-0.2, 0) is 4.79 Å². The van der Waals surface area contributed by atoms with Gasteiger partial charge in [0.2, 0.25) is 4.96 Å². The zero-order chi connectivity index (χ0) is 18.8. The summed E-state index contributed by atoms with van der Waals surface area (Å²) in [5.74, 6) is 0.463. The van der Waals surface area contributed by atoms with E-state index in [1.807, 2.05) is 56.3 Å². The Kier molecular flexibility index (Phi) is 4.55. The van der Waals surface area contributed by atoms with Gasteiger partial charge in [0.25, 0.3) is 5.91 Å². The summed E-state index contributed by atoms with van der Waals surface area (Å²) in [6.45, 7) is 4.00. The molecule has 0 saturated carbocycles. The third-order valence-corrected chi connectivity index (χ3v) is 5.09. The molecule has 0 radical (unpaired) electrons. The van der Waals surface area contributed by atoms with Gasteiger partial charge in [-0.2, -0.15) is 9.61 Å². The maximum absolute atomic E-state index is 12.2. The molecule has 8 heteroatoms. The van der Waals surface area contributed by atoms with E-state index in [1.54, 1.807) is 10.8 Å². The van der Waals surface area contributed by atoms with Crippen molar-refractivity contribution < 1.29 is 9.53 Å². The van der Waals surface area contributed by atoms with Crippen molar-refractivity contribution in [3.63, 3.8) is 0 Å². The largest absolute Gasteiger partial charge is 0.484 e. The van der Waals surface area contributed by atoms with Gasteiger partial charge in [0.1, 0.15) is 17.1 Å². The number of anilines is 1. The SMILES string of the molecule is Cc1ccc(OCC(=O)Nc2cccc(-c3nn4cnnc4s3)c2)cc1C. The van der Waals surface area contributed by atoms with E-state index >= 15 is 0 Å². The summed E-state index contributed by atoms with van der Waals surface area (Å²) in [5, 5.41) is 15.9. The van der Waals surface area contributed by atoms with Crippen LogP contribution in [0.4, 0.5) is 5.69 Å². The zero-order valence-corrected chi connectivity index (χ0v) is 15.7. The molecule has 0 aliphatic carbocycles. The van der Waals surface area contributed by atoms with Crippen molar-refractivity contribution in [3.8, 4) is 16.3 Å². The fraction of sp³-hybridized carbons (Fsp3) is 0.158. The Labute approximate surface area is 159 Å². The van der Waals surface area contributed by atoms with Crippen LogP contribution >= 0.6 is 11.3 Å². The van der Waals surface area contributed by atoms with Gasteiger partial charge >= 0.3 is 0 Å². The Hall–Kier alpha value is -3.26. The van der Waals surface area contributed by atoms with Gasteiger partial charge in [-0.15, -0.1) is 10.2 Å². The van der Waals surface area contributed by atoms with Crippen molar-refractivity contribution >= 4 is 27.9 Å². The van der Waals surface area contributed by atoms with E-state index in [9.17, 15) is 4.79 Å². The molecule has 136 valence electrons. The molecule has 4 aromatic rings. The number of rotatable bonds is 5. The lowest BCUT2D eigenvalue weighted by Gasteiger charge is -2.09. The molecule has 1 amide bonds. The van der Waals surface area contributed by atoms with Crippen molar-refractivity contribution in [1.82, 2.24) is 19.8 Å². The predicted molar refractivity (Wildman–Crippen MR) is 104 cm³/mol. The minimum atomic E-state index is -0.219. The van der Waals surface area contributed by atoms with Crippen molar-refractivity contribution in [3.05, 3.63) is 59.9 Å². The summed E-state index contributed by atoms with van der Waals surface area (Å²) in [7, 11) is 0. The number of nitrogens with zero attached hydrogens (tertiary/aromatic N) is 4. The van der Waals surface area contributed by atoms with Gasteiger partial charge in [0.15, 0.2) is 6.61 Å². The lowest BCUT2D eigenvalue weighted by molar-refractivity contribution is -0.118. The molecule has 0 aliphatic rings. The van der Waals surface area contributed by atoms with E-state index in [4.69, 9.17) is 4.74 Å². The van der Waals surface area contributed by atoms with E-state index < -0.39 is 0 Å². The van der Waals surface area contributed by atoms with Gasteiger partial charge in [0, 0.05) is 11.3 Å². The van der Waals surface area contributed by atoms with E-state index in [-0.39, 0.29) is 12.5 Å². The molecule has 0 fully saturated rings. The summed E-state index contributed by atoms with van der Waals surface area (Å²) >= 11 is 1.44. The molecule has 0 spiro atoms. The zero-order valence-electron chi connectivity index (χ0n) is 14.8. The van der Waals surface area contributed by atoms with Crippen LogP contribution in [0.25, 0.3) is 15.5 Å². The van der Waals surface area contributed by atoms with E-state index in [0.717, 1.165) is 21.1 Å². The number of amides is 1. The van der Waals surface area contributed by atoms with E-state index in [0.29, 0.717) is 11.4 Å². The molecule has 27 heavy (non-hydrogen) atoms. The number of aromatic nitrogens is 4. The monoisotopic (exact) mass is 379 g/mol. The highest BCUT2D eigenvalue weighted by Gasteiger charge is 2.10. The topological polar surface area (TPSA) is 81.4 Å². The Bertz CT molecular complexity index is 1090. The Morgan fingerprint density at radius 2 is 2.07 bits per heavy atom. The van der Waals surface area contributed by atoms with Gasteiger partial charge in [-0.05, 0) is 49.2 Å². The minimum Gasteiger partial charge on any atom is -0.484 e. The van der Waals surface area contributed by atoms with Crippen LogP contribution in [0.3, 0.4) is 0 Å². The summed E-state index contributed by atoms with van der Waals surface area (Å²) in [6.07, 6.45) is 1.56. The summed E-state index contributed by atoms with van der Waals surface area (Å²) in [6, 6.07) is 13.3. The number of carbonyl (C=O) groups excluding carboxylic acids is 1. The summed E-state index contributed by atoms with van der Waals surface area (Å²) in [4.78, 5) is 12.9. The van der Waals surface area contributed by atoms with E-state index in [2.05, 4.69) is 20.6 Å². The van der Waals surface area contributed by atoms with Gasteiger partial charge < -0.3 is 10.1 Å². The number of hydrogen-bond acceptors (Lipinski definition) is 6. The van der Waals surface area contributed by atoms with Crippen LogP contribution in [0.1, 0.15) is 11.1 Å². The molecular formula is C19H17N5O2S. The molecule has 0 atom stereocenters. The highest BCUT2D eigenvalue weighted by molar-refractivity contribution is 7.19. The van der Waals surface area contributed by atoms with Crippen LogP contribution in [0.2, 0.25) is 0 Å². The first-order valence-corrected chi connectivity index (χ1v) is 9.17. The fourth-order valence-electron chi connectivity index (χ4n) is 2.56. The number of hydrogen-bond donors (Lipinski definition) is 1. The molecule has 7 nitrogen and oxygen atoms in total.